The summed E-state index contributed by atoms with van der Waals surface area (Å²) in [6.45, 7) is 4.40. The van der Waals surface area contributed by atoms with Gasteiger partial charge in [-0.3, -0.25) is 0 Å². The monoisotopic (exact) mass is 302 g/mol. The molecule has 0 fully saturated rings. The molecule has 0 amide bonds. The van der Waals surface area contributed by atoms with Gasteiger partial charge in [0.1, 0.15) is 0 Å². The average Bonchev–Trinajstić information content (AvgIpc) is 2.48. The van der Waals surface area contributed by atoms with Gasteiger partial charge in [-0.1, -0.05) is 6.92 Å². The van der Waals surface area contributed by atoms with Crippen LogP contribution in [0.3, 0.4) is 0 Å². The van der Waals surface area contributed by atoms with Crippen LogP contribution in [-0.4, -0.2) is 0 Å². The van der Waals surface area contributed by atoms with E-state index in [2.05, 4.69) is 54.0 Å². The molecular weight excluding hydrogens is 291 g/mol. The third-order valence-electron chi connectivity index (χ3n) is 2.32. The number of benzene rings is 1. The molecule has 0 N–H and O–H groups in total. The molecule has 1 aromatic carbocycles. The van der Waals surface area contributed by atoms with Crippen LogP contribution in [0.25, 0.3) is 10.1 Å². The maximum absolute atomic E-state index is 2.40. The van der Waals surface area contributed by atoms with Gasteiger partial charge in [0.15, 0.2) is 0 Å². The van der Waals surface area contributed by atoms with Crippen molar-refractivity contribution in [2.45, 2.75) is 20.3 Å². The summed E-state index contributed by atoms with van der Waals surface area (Å²) < 4.78 is 2.79. The normalized spacial score (nSPS) is 11.0. The minimum atomic E-state index is 1.14. The Morgan fingerprint density at radius 3 is 2.85 bits per heavy atom. The molecular formula is C11H11IS. The zero-order valence-corrected chi connectivity index (χ0v) is 10.7. The highest BCUT2D eigenvalue weighted by atomic mass is 127. The van der Waals surface area contributed by atoms with E-state index in [4.69, 9.17) is 0 Å². The maximum Gasteiger partial charge on any atom is 0.0356 e. The molecule has 1 aromatic heterocycles. The van der Waals surface area contributed by atoms with Crippen LogP contribution >= 0.6 is 33.9 Å². The third-order valence-corrected chi connectivity index (χ3v) is 4.47. The molecule has 0 unspecified atom stereocenters. The van der Waals surface area contributed by atoms with Crippen molar-refractivity contribution in [1.82, 2.24) is 0 Å². The molecule has 0 saturated heterocycles. The van der Waals surface area contributed by atoms with Gasteiger partial charge in [0.2, 0.25) is 0 Å². The van der Waals surface area contributed by atoms with E-state index in [0.29, 0.717) is 0 Å². The first kappa shape index (κ1) is 9.46. The minimum Gasteiger partial charge on any atom is -0.143 e. The smallest absolute Gasteiger partial charge is 0.0356 e. The van der Waals surface area contributed by atoms with E-state index in [1.54, 1.807) is 0 Å². The number of aryl methyl sites for hydroxylation is 2. The Labute approximate surface area is 96.1 Å². The summed E-state index contributed by atoms with van der Waals surface area (Å²) in [5.74, 6) is 0. The highest BCUT2D eigenvalue weighted by Crippen LogP contribution is 2.29. The van der Waals surface area contributed by atoms with E-state index in [1.165, 1.54) is 24.8 Å². The van der Waals surface area contributed by atoms with Gasteiger partial charge in [0.05, 0.1) is 0 Å². The lowest BCUT2D eigenvalue weighted by molar-refractivity contribution is 1.17. The number of rotatable bonds is 1. The lowest BCUT2D eigenvalue weighted by Gasteiger charge is -1.99. The van der Waals surface area contributed by atoms with Crippen molar-refractivity contribution in [2.24, 2.45) is 0 Å². The first-order valence-corrected chi connectivity index (χ1v) is 6.34. The summed E-state index contributed by atoms with van der Waals surface area (Å²) in [4.78, 5) is 0. The minimum absolute atomic E-state index is 1.14. The van der Waals surface area contributed by atoms with Gasteiger partial charge in [0.25, 0.3) is 0 Å². The van der Waals surface area contributed by atoms with Crippen LogP contribution < -0.4 is 0 Å². The van der Waals surface area contributed by atoms with Crippen LogP contribution in [-0.2, 0) is 6.42 Å². The topological polar surface area (TPSA) is 0 Å². The van der Waals surface area contributed by atoms with Gasteiger partial charge in [-0.2, -0.15) is 0 Å². The first-order valence-electron chi connectivity index (χ1n) is 4.38. The molecule has 0 aliphatic rings. The van der Waals surface area contributed by atoms with Crippen molar-refractivity contribution in [2.75, 3.05) is 0 Å². The van der Waals surface area contributed by atoms with Crippen LogP contribution in [0.1, 0.15) is 18.1 Å². The molecule has 0 bridgehead atoms. The van der Waals surface area contributed by atoms with Crippen LogP contribution in [0.4, 0.5) is 0 Å². The molecule has 0 radical (unpaired) electrons. The van der Waals surface area contributed by atoms with Gasteiger partial charge in [-0.15, -0.1) is 11.3 Å². The summed E-state index contributed by atoms with van der Waals surface area (Å²) in [7, 11) is 0. The number of halogens is 1. The predicted octanol–water partition coefficient (Wildman–Crippen LogP) is 4.38. The van der Waals surface area contributed by atoms with Crippen LogP contribution in [0, 0.1) is 10.5 Å². The number of hydrogen-bond donors (Lipinski definition) is 0. The second-order valence-corrected chi connectivity index (χ2v) is 5.29. The molecule has 0 spiro atoms. The Bertz CT molecular complexity index is 443. The Hall–Kier alpha value is -0.0900. The SMILES string of the molecule is CCc1csc2cc(I)c(C)cc12. The quantitative estimate of drug-likeness (QED) is 0.686. The maximum atomic E-state index is 2.40. The molecule has 2 aromatic rings. The van der Waals surface area contributed by atoms with Gasteiger partial charge in [-0.05, 0) is 70.0 Å². The lowest BCUT2D eigenvalue weighted by Crippen LogP contribution is -1.81. The molecule has 0 aliphatic carbocycles. The number of fused-ring (bicyclic) bond motifs is 1. The van der Waals surface area contributed by atoms with E-state index in [0.717, 1.165) is 6.42 Å². The zero-order chi connectivity index (χ0) is 9.42. The summed E-state index contributed by atoms with van der Waals surface area (Å²) in [5.41, 5.74) is 2.88. The van der Waals surface area contributed by atoms with Crippen LogP contribution in [0.15, 0.2) is 17.5 Å². The summed E-state index contributed by atoms with van der Waals surface area (Å²) in [6, 6.07) is 4.60. The molecule has 13 heavy (non-hydrogen) atoms. The zero-order valence-electron chi connectivity index (χ0n) is 7.73. The summed E-state index contributed by atoms with van der Waals surface area (Å²) in [5, 5.41) is 3.73. The van der Waals surface area contributed by atoms with E-state index >= 15 is 0 Å². The Morgan fingerprint density at radius 2 is 2.15 bits per heavy atom. The Morgan fingerprint density at radius 1 is 1.38 bits per heavy atom. The summed E-state index contributed by atoms with van der Waals surface area (Å²) in [6.07, 6.45) is 1.14. The molecule has 68 valence electrons. The highest BCUT2D eigenvalue weighted by Gasteiger charge is 2.04. The van der Waals surface area contributed by atoms with Crippen molar-refractivity contribution in [1.29, 1.82) is 0 Å². The average molecular weight is 302 g/mol. The van der Waals surface area contributed by atoms with E-state index in [-0.39, 0.29) is 0 Å². The van der Waals surface area contributed by atoms with Crippen molar-refractivity contribution < 1.29 is 0 Å². The van der Waals surface area contributed by atoms with Gasteiger partial charge < -0.3 is 0 Å². The molecule has 0 nitrogen and oxygen atoms in total. The van der Waals surface area contributed by atoms with Crippen molar-refractivity contribution in [3.8, 4) is 0 Å². The fraction of sp³-hybridized carbons (Fsp3) is 0.273. The molecule has 0 aliphatic heterocycles. The predicted molar refractivity (Wildman–Crippen MR) is 68.7 cm³/mol. The second-order valence-electron chi connectivity index (χ2n) is 3.21. The van der Waals surface area contributed by atoms with Crippen molar-refractivity contribution in [3.05, 3.63) is 32.2 Å². The van der Waals surface area contributed by atoms with Gasteiger partial charge in [0, 0.05) is 8.27 Å². The van der Waals surface area contributed by atoms with Crippen LogP contribution in [0.2, 0.25) is 0 Å². The van der Waals surface area contributed by atoms with Gasteiger partial charge >= 0.3 is 0 Å². The lowest BCUT2D eigenvalue weighted by atomic mass is 10.1. The number of thiophene rings is 1. The number of hydrogen-bond acceptors (Lipinski definition) is 1. The van der Waals surface area contributed by atoms with Crippen LogP contribution in [0.5, 0.6) is 0 Å². The fourth-order valence-corrected chi connectivity index (χ4v) is 3.23. The first-order chi connectivity index (χ1) is 6.22. The standard InChI is InChI=1S/C11H11IS/c1-3-8-6-13-11-5-10(12)7(2)4-9(8)11/h4-6H,3H2,1-2H3. The largest absolute Gasteiger partial charge is 0.143 e. The Balaban J connectivity index is 2.77. The second kappa shape index (κ2) is 3.58. The van der Waals surface area contributed by atoms with Crippen molar-refractivity contribution in [3.63, 3.8) is 0 Å². The molecule has 0 atom stereocenters. The Kier molecular flexibility index (Phi) is 2.60. The molecule has 1 heterocycles. The van der Waals surface area contributed by atoms with E-state index in [9.17, 15) is 0 Å². The van der Waals surface area contributed by atoms with Gasteiger partial charge in [-0.25, -0.2) is 0 Å². The fourth-order valence-electron chi connectivity index (χ4n) is 1.48. The molecule has 2 rings (SSSR count). The van der Waals surface area contributed by atoms with E-state index < -0.39 is 0 Å². The summed E-state index contributed by atoms with van der Waals surface area (Å²) >= 11 is 4.26. The highest BCUT2D eigenvalue weighted by molar-refractivity contribution is 14.1. The molecule has 2 heteroatoms. The third kappa shape index (κ3) is 1.62. The van der Waals surface area contributed by atoms with Crippen molar-refractivity contribution >= 4 is 44.0 Å². The van der Waals surface area contributed by atoms with E-state index in [1.807, 2.05) is 11.3 Å². The molecule has 0 saturated carbocycles.